The molecule has 0 aromatic carbocycles. The van der Waals surface area contributed by atoms with Crippen LogP contribution in [0.4, 0.5) is 0 Å². The molecular weight excluding hydrogens is 246 g/mol. The molecule has 0 unspecified atom stereocenters. The van der Waals surface area contributed by atoms with Gasteiger partial charge in [0.2, 0.25) is 0 Å². The van der Waals surface area contributed by atoms with Crippen LogP contribution in [0, 0.1) is 0 Å². The minimum atomic E-state index is -0.608. The fraction of sp³-hybridized carbons (Fsp3) is 0.571. The summed E-state index contributed by atoms with van der Waals surface area (Å²) >= 11 is 0. The second kappa shape index (κ2) is 7.74. The third kappa shape index (κ3) is 4.52. The Morgan fingerprint density at radius 3 is 2.63 bits per heavy atom. The lowest BCUT2D eigenvalue weighted by atomic mass is 10.0. The van der Waals surface area contributed by atoms with Gasteiger partial charge in [0.25, 0.3) is 0 Å². The number of hydrogen-bond donors (Lipinski definition) is 1. The number of esters is 1. The number of allylic oxidation sites excluding steroid dienone is 3. The number of carbonyl (C=O) groups excluding carboxylic acids is 2. The van der Waals surface area contributed by atoms with Crippen molar-refractivity contribution in [3.8, 4) is 0 Å². The maximum absolute atomic E-state index is 11.9. The summed E-state index contributed by atoms with van der Waals surface area (Å²) in [6, 6.07) is 0. The summed E-state index contributed by atoms with van der Waals surface area (Å²) in [4.78, 5) is 28.9. The molecule has 0 spiro atoms. The van der Waals surface area contributed by atoms with Crippen molar-refractivity contribution in [2.24, 2.45) is 0 Å². The summed E-state index contributed by atoms with van der Waals surface area (Å²) in [5, 5.41) is 0. The van der Waals surface area contributed by atoms with E-state index in [-0.39, 0.29) is 11.4 Å². The molecule has 0 saturated heterocycles. The van der Waals surface area contributed by atoms with Gasteiger partial charge in [-0.1, -0.05) is 19.8 Å². The molecule has 1 N–H and O–H groups in total. The SMILES string of the molecule is CCCCCC(NOCC)=C1C(=O)C=C(C)OC1=O. The van der Waals surface area contributed by atoms with Crippen LogP contribution >= 0.6 is 0 Å². The van der Waals surface area contributed by atoms with Gasteiger partial charge in [-0.25, -0.2) is 4.79 Å². The van der Waals surface area contributed by atoms with Gasteiger partial charge in [0.1, 0.15) is 11.3 Å². The molecule has 5 heteroatoms. The number of unbranched alkanes of at least 4 members (excludes halogenated alkanes) is 2. The van der Waals surface area contributed by atoms with Gasteiger partial charge in [0.05, 0.1) is 12.3 Å². The van der Waals surface area contributed by atoms with E-state index in [4.69, 9.17) is 9.57 Å². The Hall–Kier alpha value is -1.62. The zero-order valence-corrected chi connectivity index (χ0v) is 11.7. The van der Waals surface area contributed by atoms with Crippen LogP contribution in [0.2, 0.25) is 0 Å². The van der Waals surface area contributed by atoms with Crippen LogP contribution in [0.25, 0.3) is 0 Å². The summed E-state index contributed by atoms with van der Waals surface area (Å²) in [7, 11) is 0. The van der Waals surface area contributed by atoms with Gasteiger partial charge in [-0.3, -0.25) is 15.1 Å². The molecule has 1 aliphatic heterocycles. The lowest BCUT2D eigenvalue weighted by Gasteiger charge is -2.17. The maximum Gasteiger partial charge on any atom is 0.349 e. The quantitative estimate of drug-likeness (QED) is 0.252. The topological polar surface area (TPSA) is 64.6 Å². The van der Waals surface area contributed by atoms with Crippen LogP contribution in [-0.4, -0.2) is 18.4 Å². The third-order valence-electron chi connectivity index (χ3n) is 2.71. The average Bonchev–Trinajstić information content (AvgIpc) is 2.34. The Balaban J connectivity index is 2.93. The summed E-state index contributed by atoms with van der Waals surface area (Å²) < 4.78 is 4.98. The van der Waals surface area contributed by atoms with E-state index in [1.54, 1.807) is 6.92 Å². The number of rotatable bonds is 7. The number of ketones is 1. The van der Waals surface area contributed by atoms with Crippen LogP contribution in [0.3, 0.4) is 0 Å². The predicted octanol–water partition coefficient (Wildman–Crippen LogP) is 2.39. The van der Waals surface area contributed by atoms with E-state index in [1.165, 1.54) is 6.08 Å². The summed E-state index contributed by atoms with van der Waals surface area (Å²) in [6.07, 6.45) is 4.90. The first kappa shape index (κ1) is 15.4. The minimum absolute atomic E-state index is 0.0511. The standard InChI is InChI=1S/C14H21NO4/c1-4-6-7-8-11(15-18-5-2)13-12(16)9-10(3)19-14(13)17/h9,15H,4-8H2,1-3H3. The van der Waals surface area contributed by atoms with Crippen molar-refractivity contribution in [1.82, 2.24) is 5.48 Å². The highest BCUT2D eigenvalue weighted by Gasteiger charge is 2.28. The second-order valence-corrected chi connectivity index (χ2v) is 4.35. The van der Waals surface area contributed by atoms with E-state index < -0.39 is 5.97 Å². The highest BCUT2D eigenvalue weighted by atomic mass is 16.6. The van der Waals surface area contributed by atoms with Crippen LogP contribution in [0.5, 0.6) is 0 Å². The first-order chi connectivity index (χ1) is 9.10. The van der Waals surface area contributed by atoms with E-state index in [0.717, 1.165) is 19.3 Å². The van der Waals surface area contributed by atoms with Crippen molar-refractivity contribution in [2.45, 2.75) is 46.5 Å². The number of ether oxygens (including phenoxy) is 1. The number of nitrogens with one attached hydrogen (secondary N) is 1. The molecule has 0 aromatic heterocycles. The molecule has 0 radical (unpaired) electrons. The normalized spacial score (nSPS) is 17.9. The smallest absolute Gasteiger partial charge is 0.349 e. The monoisotopic (exact) mass is 267 g/mol. The highest BCUT2D eigenvalue weighted by molar-refractivity contribution is 6.24. The lowest BCUT2D eigenvalue weighted by Crippen LogP contribution is -2.27. The van der Waals surface area contributed by atoms with Gasteiger partial charge in [-0.15, -0.1) is 0 Å². The Kier molecular flexibility index (Phi) is 6.29. The number of carbonyl (C=O) groups is 2. The van der Waals surface area contributed by atoms with Gasteiger partial charge in [0, 0.05) is 6.08 Å². The molecule has 1 rings (SSSR count). The van der Waals surface area contributed by atoms with E-state index in [1.807, 2.05) is 6.92 Å². The molecule has 0 aliphatic carbocycles. The molecule has 0 fully saturated rings. The molecule has 5 nitrogen and oxygen atoms in total. The molecule has 0 amide bonds. The van der Waals surface area contributed by atoms with E-state index >= 15 is 0 Å². The number of cyclic esters (lactones) is 1. The van der Waals surface area contributed by atoms with Crippen molar-refractivity contribution < 1.29 is 19.2 Å². The van der Waals surface area contributed by atoms with Gasteiger partial charge >= 0.3 is 5.97 Å². The van der Waals surface area contributed by atoms with Crippen LogP contribution in [0.1, 0.15) is 46.5 Å². The van der Waals surface area contributed by atoms with Crippen molar-refractivity contribution in [1.29, 1.82) is 0 Å². The second-order valence-electron chi connectivity index (χ2n) is 4.35. The first-order valence-corrected chi connectivity index (χ1v) is 6.65. The Morgan fingerprint density at radius 2 is 2.05 bits per heavy atom. The van der Waals surface area contributed by atoms with Gasteiger partial charge in [-0.2, -0.15) is 0 Å². The van der Waals surface area contributed by atoms with Crippen molar-refractivity contribution in [2.75, 3.05) is 6.61 Å². The summed E-state index contributed by atoms with van der Waals surface area (Å²) in [5.41, 5.74) is 3.26. The molecule has 0 bridgehead atoms. The third-order valence-corrected chi connectivity index (χ3v) is 2.71. The maximum atomic E-state index is 11.9. The molecule has 0 saturated carbocycles. The molecule has 0 atom stereocenters. The molecule has 1 aliphatic rings. The molecule has 19 heavy (non-hydrogen) atoms. The zero-order valence-electron chi connectivity index (χ0n) is 11.7. The molecular formula is C14H21NO4. The Morgan fingerprint density at radius 1 is 1.32 bits per heavy atom. The summed E-state index contributed by atoms with van der Waals surface area (Å²) in [6.45, 7) is 5.95. The largest absolute Gasteiger partial charge is 0.427 e. The highest BCUT2D eigenvalue weighted by Crippen LogP contribution is 2.20. The van der Waals surface area contributed by atoms with Crippen LogP contribution in [0.15, 0.2) is 23.1 Å². The molecule has 1 heterocycles. The van der Waals surface area contributed by atoms with Crippen LogP contribution < -0.4 is 5.48 Å². The predicted molar refractivity (Wildman–Crippen MR) is 70.8 cm³/mol. The molecule has 106 valence electrons. The fourth-order valence-electron chi connectivity index (χ4n) is 1.79. The Labute approximate surface area is 113 Å². The molecule has 0 aromatic rings. The van der Waals surface area contributed by atoms with E-state index in [2.05, 4.69) is 12.4 Å². The summed E-state index contributed by atoms with van der Waals surface area (Å²) in [5.74, 6) is -0.612. The van der Waals surface area contributed by atoms with Crippen molar-refractivity contribution >= 4 is 11.8 Å². The van der Waals surface area contributed by atoms with E-state index in [9.17, 15) is 9.59 Å². The average molecular weight is 267 g/mol. The lowest BCUT2D eigenvalue weighted by molar-refractivity contribution is -0.137. The van der Waals surface area contributed by atoms with Gasteiger partial charge in [-0.05, 0) is 26.7 Å². The van der Waals surface area contributed by atoms with Gasteiger partial charge < -0.3 is 4.74 Å². The number of hydroxylamine groups is 1. The van der Waals surface area contributed by atoms with Crippen molar-refractivity contribution in [3.63, 3.8) is 0 Å². The first-order valence-electron chi connectivity index (χ1n) is 6.65. The number of hydrogen-bond acceptors (Lipinski definition) is 5. The zero-order chi connectivity index (χ0) is 14.3. The van der Waals surface area contributed by atoms with Crippen molar-refractivity contribution in [3.05, 3.63) is 23.1 Å². The van der Waals surface area contributed by atoms with Crippen LogP contribution in [-0.2, 0) is 19.2 Å². The Bertz CT molecular complexity index is 410. The minimum Gasteiger partial charge on any atom is -0.427 e. The van der Waals surface area contributed by atoms with E-state index in [0.29, 0.717) is 24.5 Å². The van der Waals surface area contributed by atoms with Gasteiger partial charge in [0.15, 0.2) is 5.78 Å². The fourth-order valence-corrected chi connectivity index (χ4v) is 1.79.